The van der Waals surface area contributed by atoms with Gasteiger partial charge in [0.05, 0.1) is 10.1 Å². The molecule has 20 heavy (non-hydrogen) atoms. The smallest absolute Gasteiger partial charge is 0.268 e. The summed E-state index contributed by atoms with van der Waals surface area (Å²) < 4.78 is 3.02. The number of aromatic nitrogens is 1. The topological polar surface area (TPSA) is 25.2 Å². The molecule has 0 amide bonds. The highest BCUT2D eigenvalue weighted by molar-refractivity contribution is 7.13. The van der Waals surface area contributed by atoms with Gasteiger partial charge in [-0.1, -0.05) is 30.1 Å². The van der Waals surface area contributed by atoms with Gasteiger partial charge in [-0.05, 0) is 57.5 Å². The Hall–Kier alpha value is -1.13. The van der Waals surface area contributed by atoms with Gasteiger partial charge < -0.3 is 4.90 Å². The first-order valence-corrected chi connectivity index (χ1v) is 8.43. The quantitative estimate of drug-likeness (QED) is 0.789. The molecule has 108 valence electrons. The molecule has 0 atom stereocenters. The highest BCUT2D eigenvalue weighted by Crippen LogP contribution is 2.16. The number of nitrogens with zero attached hydrogens (tertiary/aromatic N) is 2. The van der Waals surface area contributed by atoms with Crippen molar-refractivity contribution in [2.45, 2.75) is 38.6 Å². The molecule has 0 unspecified atom stereocenters. The lowest BCUT2D eigenvalue weighted by molar-refractivity contribution is 0.224. The van der Waals surface area contributed by atoms with E-state index in [1.165, 1.54) is 45.3 Å². The lowest BCUT2D eigenvalue weighted by Crippen LogP contribution is -2.30. The summed E-state index contributed by atoms with van der Waals surface area (Å²) in [6.45, 7) is 4.59. The van der Waals surface area contributed by atoms with Gasteiger partial charge in [0.25, 0.3) is 5.56 Å². The Bertz CT molecular complexity index is 610. The van der Waals surface area contributed by atoms with Crippen LogP contribution in [0.15, 0.2) is 29.1 Å². The second-order valence-electron chi connectivity index (χ2n) is 5.60. The Labute approximate surface area is 124 Å². The van der Waals surface area contributed by atoms with E-state index in [0.717, 1.165) is 23.1 Å². The summed E-state index contributed by atoms with van der Waals surface area (Å²) in [6, 6.07) is 7.90. The highest BCUT2D eigenvalue weighted by atomic mass is 32.1. The predicted molar refractivity (Wildman–Crippen MR) is 85.6 cm³/mol. The normalized spacial score (nSPS) is 16.8. The van der Waals surface area contributed by atoms with E-state index in [2.05, 4.69) is 4.90 Å². The fourth-order valence-corrected chi connectivity index (χ4v) is 3.97. The van der Waals surface area contributed by atoms with Crippen molar-refractivity contribution in [2.75, 3.05) is 19.6 Å². The highest BCUT2D eigenvalue weighted by Gasteiger charge is 2.10. The third-order valence-electron chi connectivity index (χ3n) is 4.09. The van der Waals surface area contributed by atoms with Gasteiger partial charge in [0, 0.05) is 6.54 Å². The molecule has 0 spiro atoms. The summed E-state index contributed by atoms with van der Waals surface area (Å²) >= 11 is 1.60. The van der Waals surface area contributed by atoms with Gasteiger partial charge in [-0.15, -0.1) is 0 Å². The first-order valence-electron chi connectivity index (χ1n) is 7.66. The summed E-state index contributed by atoms with van der Waals surface area (Å²) in [5.74, 6) is 0. The predicted octanol–water partition coefficient (Wildman–Crippen LogP) is 3.33. The van der Waals surface area contributed by atoms with E-state index in [1.807, 2.05) is 28.2 Å². The maximum Gasteiger partial charge on any atom is 0.268 e. The largest absolute Gasteiger partial charge is 0.303 e. The number of unbranched alkanes of at least 4 members (excludes halogenated alkanes) is 1. The number of fused-ring (bicyclic) bond motifs is 1. The number of piperidine rings is 1. The Morgan fingerprint density at radius 2 is 1.75 bits per heavy atom. The van der Waals surface area contributed by atoms with E-state index in [4.69, 9.17) is 0 Å². The molecule has 1 aliphatic heterocycles. The van der Waals surface area contributed by atoms with Crippen LogP contribution in [0.5, 0.6) is 0 Å². The van der Waals surface area contributed by atoms with Crippen LogP contribution in [0.4, 0.5) is 0 Å². The molecule has 1 aromatic carbocycles. The molecule has 2 aromatic rings. The van der Waals surface area contributed by atoms with Crippen molar-refractivity contribution in [1.29, 1.82) is 0 Å². The van der Waals surface area contributed by atoms with Crippen LogP contribution in [-0.4, -0.2) is 28.5 Å². The molecular formula is C16H22N2OS. The van der Waals surface area contributed by atoms with Gasteiger partial charge >= 0.3 is 0 Å². The average molecular weight is 290 g/mol. The maximum atomic E-state index is 12.2. The monoisotopic (exact) mass is 290 g/mol. The third-order valence-corrected chi connectivity index (χ3v) is 5.21. The molecule has 3 nitrogen and oxygen atoms in total. The SMILES string of the molecule is O=c1c2ccccc2sn1CCCCN1CCCCC1. The van der Waals surface area contributed by atoms with E-state index in [-0.39, 0.29) is 5.56 Å². The number of benzene rings is 1. The molecule has 1 aromatic heterocycles. The van der Waals surface area contributed by atoms with Crippen molar-refractivity contribution in [3.8, 4) is 0 Å². The zero-order valence-corrected chi connectivity index (χ0v) is 12.7. The zero-order chi connectivity index (χ0) is 13.8. The number of likely N-dealkylation sites (tertiary alicyclic amines) is 1. The molecule has 0 aliphatic carbocycles. The Balaban J connectivity index is 1.52. The Morgan fingerprint density at radius 1 is 1.00 bits per heavy atom. The molecule has 3 rings (SSSR count). The van der Waals surface area contributed by atoms with Crippen molar-refractivity contribution in [3.05, 3.63) is 34.6 Å². The number of rotatable bonds is 5. The van der Waals surface area contributed by atoms with Crippen molar-refractivity contribution in [3.63, 3.8) is 0 Å². The van der Waals surface area contributed by atoms with Crippen LogP contribution in [0.2, 0.25) is 0 Å². The van der Waals surface area contributed by atoms with Gasteiger partial charge in [0.15, 0.2) is 0 Å². The number of hydrogen-bond donors (Lipinski definition) is 0. The van der Waals surface area contributed by atoms with Crippen molar-refractivity contribution in [1.82, 2.24) is 8.86 Å². The van der Waals surface area contributed by atoms with E-state index >= 15 is 0 Å². The molecule has 1 saturated heterocycles. The molecule has 0 N–H and O–H groups in total. The van der Waals surface area contributed by atoms with Crippen LogP contribution < -0.4 is 5.56 Å². The van der Waals surface area contributed by atoms with Gasteiger partial charge in [-0.2, -0.15) is 0 Å². The summed E-state index contributed by atoms with van der Waals surface area (Å²) in [6.07, 6.45) is 6.41. The summed E-state index contributed by atoms with van der Waals surface area (Å²) in [5, 5.41) is 0.869. The average Bonchev–Trinajstić information content (AvgIpc) is 2.82. The number of hydrogen-bond acceptors (Lipinski definition) is 3. The van der Waals surface area contributed by atoms with E-state index in [1.54, 1.807) is 11.5 Å². The number of aryl methyl sites for hydroxylation is 1. The first kappa shape index (κ1) is 13.8. The second-order valence-corrected chi connectivity index (χ2v) is 6.67. The summed E-state index contributed by atoms with van der Waals surface area (Å²) in [4.78, 5) is 14.8. The van der Waals surface area contributed by atoms with Crippen LogP contribution in [0.25, 0.3) is 10.1 Å². The zero-order valence-electron chi connectivity index (χ0n) is 11.9. The van der Waals surface area contributed by atoms with Gasteiger partial charge in [-0.3, -0.25) is 8.75 Å². The maximum absolute atomic E-state index is 12.2. The third kappa shape index (κ3) is 3.13. The molecule has 1 aliphatic rings. The van der Waals surface area contributed by atoms with Gasteiger partial charge in [0.1, 0.15) is 0 Å². The summed E-state index contributed by atoms with van der Waals surface area (Å²) in [5.41, 5.74) is 0.184. The summed E-state index contributed by atoms with van der Waals surface area (Å²) in [7, 11) is 0. The van der Waals surface area contributed by atoms with E-state index in [9.17, 15) is 4.79 Å². The fraction of sp³-hybridized carbons (Fsp3) is 0.562. The Morgan fingerprint density at radius 3 is 2.55 bits per heavy atom. The van der Waals surface area contributed by atoms with Gasteiger partial charge in [0.2, 0.25) is 0 Å². The van der Waals surface area contributed by atoms with Crippen LogP contribution in [0, 0.1) is 0 Å². The molecule has 0 saturated carbocycles. The minimum Gasteiger partial charge on any atom is -0.303 e. The van der Waals surface area contributed by atoms with Crippen molar-refractivity contribution >= 4 is 21.6 Å². The standard InChI is InChI=1S/C16H22N2OS/c19-16-14-8-2-3-9-15(14)20-18(16)13-7-6-12-17-10-4-1-5-11-17/h2-3,8-9H,1,4-7,10-13H2. The van der Waals surface area contributed by atoms with Gasteiger partial charge in [-0.25, -0.2) is 0 Å². The van der Waals surface area contributed by atoms with Crippen LogP contribution >= 0.6 is 11.5 Å². The van der Waals surface area contributed by atoms with Crippen LogP contribution in [-0.2, 0) is 6.54 Å². The molecule has 4 heteroatoms. The molecule has 2 heterocycles. The van der Waals surface area contributed by atoms with Crippen molar-refractivity contribution in [2.24, 2.45) is 0 Å². The fourth-order valence-electron chi connectivity index (χ4n) is 2.94. The van der Waals surface area contributed by atoms with Crippen LogP contribution in [0.1, 0.15) is 32.1 Å². The van der Waals surface area contributed by atoms with Crippen LogP contribution in [0.3, 0.4) is 0 Å². The molecule has 0 radical (unpaired) electrons. The lowest BCUT2D eigenvalue weighted by atomic mass is 10.1. The van der Waals surface area contributed by atoms with E-state index in [0.29, 0.717) is 0 Å². The Kier molecular flexibility index (Phi) is 4.53. The molecule has 0 bridgehead atoms. The molecular weight excluding hydrogens is 268 g/mol. The van der Waals surface area contributed by atoms with Crippen molar-refractivity contribution < 1.29 is 0 Å². The minimum atomic E-state index is 0.184. The van der Waals surface area contributed by atoms with E-state index < -0.39 is 0 Å². The lowest BCUT2D eigenvalue weighted by Gasteiger charge is -2.26. The minimum absolute atomic E-state index is 0.184. The second kappa shape index (κ2) is 6.55. The first-order chi connectivity index (χ1) is 9.84. The molecule has 1 fully saturated rings.